The van der Waals surface area contributed by atoms with E-state index in [1.165, 1.54) is 11.8 Å². The molecule has 0 radical (unpaired) electrons. The van der Waals surface area contributed by atoms with Gasteiger partial charge in [-0.05, 0) is 31.2 Å². The normalized spacial score (nSPS) is 14.1. The summed E-state index contributed by atoms with van der Waals surface area (Å²) in [5, 5.41) is 12.6. The number of carbonyl (C=O) groups excluding carboxylic acids is 1. The van der Waals surface area contributed by atoms with E-state index in [0.717, 1.165) is 11.1 Å². The van der Waals surface area contributed by atoms with E-state index in [4.69, 9.17) is 0 Å². The van der Waals surface area contributed by atoms with Crippen LogP contribution in [-0.4, -0.2) is 29.1 Å². The highest BCUT2D eigenvalue weighted by molar-refractivity contribution is 7.99. The third-order valence-corrected chi connectivity index (χ3v) is 3.66. The molecule has 94 valence electrons. The number of hydrogen-bond donors (Lipinski definition) is 2. The fourth-order valence-electron chi connectivity index (χ4n) is 1.52. The summed E-state index contributed by atoms with van der Waals surface area (Å²) in [6.07, 6.45) is 1.25. The van der Waals surface area contributed by atoms with E-state index in [0.29, 0.717) is 0 Å². The highest BCUT2D eigenvalue weighted by Crippen LogP contribution is 2.16. The Kier molecular flexibility index (Phi) is 5.51. The molecule has 2 unspecified atom stereocenters. The molecular formula is C13H19NO2S. The summed E-state index contributed by atoms with van der Waals surface area (Å²) >= 11 is 1.49. The minimum absolute atomic E-state index is 0.0369. The number of hydrogen-bond acceptors (Lipinski definition) is 3. The molecule has 2 atom stereocenters. The van der Waals surface area contributed by atoms with Crippen molar-refractivity contribution in [3.63, 3.8) is 0 Å². The molecule has 4 heteroatoms. The lowest BCUT2D eigenvalue weighted by Crippen LogP contribution is -2.34. The molecule has 0 saturated heterocycles. The number of benzene rings is 1. The number of nitrogens with one attached hydrogen (secondary N) is 1. The number of aliphatic hydroxyl groups is 1. The minimum atomic E-state index is -0.644. The Labute approximate surface area is 107 Å². The van der Waals surface area contributed by atoms with Gasteiger partial charge in [-0.2, -0.15) is 11.8 Å². The monoisotopic (exact) mass is 253 g/mol. The van der Waals surface area contributed by atoms with Crippen molar-refractivity contribution in [1.82, 2.24) is 5.32 Å². The van der Waals surface area contributed by atoms with Crippen molar-refractivity contribution in [3.8, 4) is 0 Å². The molecular weight excluding hydrogens is 234 g/mol. The lowest BCUT2D eigenvalue weighted by Gasteiger charge is -2.16. The number of thioether (sulfide) groups is 1. The molecule has 1 rings (SSSR count). The van der Waals surface area contributed by atoms with Crippen molar-refractivity contribution in [2.75, 3.05) is 12.8 Å². The van der Waals surface area contributed by atoms with Crippen molar-refractivity contribution in [3.05, 3.63) is 35.4 Å². The Hall–Kier alpha value is -1.00. The van der Waals surface area contributed by atoms with E-state index >= 15 is 0 Å². The van der Waals surface area contributed by atoms with Gasteiger partial charge in [0.1, 0.15) is 0 Å². The number of amides is 1. The van der Waals surface area contributed by atoms with Gasteiger partial charge in [0.2, 0.25) is 5.91 Å². The Morgan fingerprint density at radius 1 is 1.47 bits per heavy atom. The number of aliphatic hydroxyl groups excluding tert-OH is 1. The summed E-state index contributed by atoms with van der Waals surface area (Å²) in [7, 11) is 0. The zero-order chi connectivity index (χ0) is 12.8. The Balaban J connectivity index is 2.53. The average molecular weight is 253 g/mol. The third kappa shape index (κ3) is 4.06. The molecule has 0 spiro atoms. The Bertz CT molecular complexity index is 381. The van der Waals surface area contributed by atoms with Gasteiger partial charge in [0.15, 0.2) is 0 Å². The first kappa shape index (κ1) is 14.1. The van der Waals surface area contributed by atoms with E-state index < -0.39 is 6.10 Å². The van der Waals surface area contributed by atoms with Gasteiger partial charge in [0.05, 0.1) is 11.4 Å². The van der Waals surface area contributed by atoms with Crippen LogP contribution >= 0.6 is 11.8 Å². The van der Waals surface area contributed by atoms with Gasteiger partial charge in [0.25, 0.3) is 0 Å². The van der Waals surface area contributed by atoms with Crippen LogP contribution in [0.25, 0.3) is 0 Å². The maximum atomic E-state index is 11.6. The van der Waals surface area contributed by atoms with Crippen LogP contribution < -0.4 is 5.32 Å². The molecule has 17 heavy (non-hydrogen) atoms. The summed E-state index contributed by atoms with van der Waals surface area (Å²) in [6.45, 7) is 4.06. The van der Waals surface area contributed by atoms with Gasteiger partial charge in [-0.25, -0.2) is 0 Å². The predicted octanol–water partition coefficient (Wildman–Crippen LogP) is 1.90. The van der Waals surface area contributed by atoms with Crippen molar-refractivity contribution in [2.24, 2.45) is 0 Å². The van der Waals surface area contributed by atoms with Crippen molar-refractivity contribution < 1.29 is 9.90 Å². The predicted molar refractivity (Wildman–Crippen MR) is 72.1 cm³/mol. The first-order valence-electron chi connectivity index (χ1n) is 5.60. The summed E-state index contributed by atoms with van der Waals surface area (Å²) in [5.74, 6) is -0.0369. The molecule has 1 aromatic rings. The molecule has 1 amide bonds. The fourth-order valence-corrected chi connectivity index (χ4v) is 1.82. The van der Waals surface area contributed by atoms with Crippen LogP contribution in [0.2, 0.25) is 0 Å². The van der Waals surface area contributed by atoms with E-state index in [9.17, 15) is 9.90 Å². The molecule has 0 bridgehead atoms. The molecule has 3 nitrogen and oxygen atoms in total. The van der Waals surface area contributed by atoms with E-state index in [-0.39, 0.29) is 17.7 Å². The van der Waals surface area contributed by atoms with E-state index in [1.54, 1.807) is 0 Å². The molecule has 2 N–H and O–H groups in total. The molecule has 0 fully saturated rings. The van der Waals surface area contributed by atoms with Gasteiger partial charge in [-0.1, -0.05) is 24.3 Å². The van der Waals surface area contributed by atoms with Crippen LogP contribution in [0.1, 0.15) is 24.2 Å². The summed E-state index contributed by atoms with van der Waals surface area (Å²) < 4.78 is 0. The molecule has 0 aliphatic carbocycles. The molecule has 0 aliphatic heterocycles. The van der Waals surface area contributed by atoms with Crippen molar-refractivity contribution >= 4 is 17.7 Å². The van der Waals surface area contributed by atoms with Crippen LogP contribution in [0.3, 0.4) is 0 Å². The second-order valence-electron chi connectivity index (χ2n) is 4.00. The summed E-state index contributed by atoms with van der Waals surface area (Å²) in [4.78, 5) is 11.6. The van der Waals surface area contributed by atoms with Gasteiger partial charge in [-0.3, -0.25) is 4.79 Å². The van der Waals surface area contributed by atoms with Crippen molar-refractivity contribution in [2.45, 2.75) is 25.2 Å². The lowest BCUT2D eigenvalue weighted by atomic mass is 10.0. The topological polar surface area (TPSA) is 49.3 Å². The Morgan fingerprint density at radius 3 is 2.71 bits per heavy atom. The molecule has 0 heterocycles. The van der Waals surface area contributed by atoms with E-state index in [2.05, 4.69) is 5.32 Å². The van der Waals surface area contributed by atoms with Gasteiger partial charge in [0, 0.05) is 6.54 Å². The van der Waals surface area contributed by atoms with Crippen LogP contribution in [0.4, 0.5) is 0 Å². The Morgan fingerprint density at radius 2 is 2.12 bits per heavy atom. The maximum Gasteiger partial charge on any atom is 0.232 e. The van der Waals surface area contributed by atoms with E-state index in [1.807, 2.05) is 44.4 Å². The summed E-state index contributed by atoms with van der Waals surface area (Å²) in [5.41, 5.74) is 1.90. The quantitative estimate of drug-likeness (QED) is 0.842. The zero-order valence-electron chi connectivity index (χ0n) is 10.4. The smallest absolute Gasteiger partial charge is 0.232 e. The average Bonchev–Trinajstić information content (AvgIpc) is 2.35. The van der Waals surface area contributed by atoms with Crippen LogP contribution in [0.5, 0.6) is 0 Å². The SMILES string of the molecule is CSC(C)C(=O)NCC(O)c1ccccc1C. The minimum Gasteiger partial charge on any atom is -0.387 e. The highest BCUT2D eigenvalue weighted by atomic mass is 32.2. The van der Waals surface area contributed by atoms with Crippen LogP contribution in [0.15, 0.2) is 24.3 Å². The standard InChI is InChI=1S/C13H19NO2S/c1-9-6-4-5-7-11(9)12(15)8-14-13(16)10(2)17-3/h4-7,10,12,15H,8H2,1-3H3,(H,14,16). The zero-order valence-corrected chi connectivity index (χ0v) is 11.3. The second kappa shape index (κ2) is 6.67. The molecule has 1 aromatic carbocycles. The lowest BCUT2D eigenvalue weighted by molar-refractivity contribution is -0.120. The molecule has 0 aliphatic rings. The third-order valence-electron chi connectivity index (χ3n) is 2.74. The number of rotatable bonds is 5. The first-order chi connectivity index (χ1) is 8.06. The van der Waals surface area contributed by atoms with Crippen molar-refractivity contribution in [1.29, 1.82) is 0 Å². The fraction of sp³-hybridized carbons (Fsp3) is 0.462. The molecule has 0 saturated carbocycles. The van der Waals surface area contributed by atoms with Gasteiger partial charge < -0.3 is 10.4 Å². The number of aryl methyl sites for hydroxylation is 1. The highest BCUT2D eigenvalue weighted by Gasteiger charge is 2.14. The van der Waals surface area contributed by atoms with Crippen LogP contribution in [0, 0.1) is 6.92 Å². The number of carbonyl (C=O) groups is 1. The van der Waals surface area contributed by atoms with Gasteiger partial charge in [-0.15, -0.1) is 0 Å². The van der Waals surface area contributed by atoms with Crippen LogP contribution in [-0.2, 0) is 4.79 Å². The second-order valence-corrected chi connectivity index (χ2v) is 5.17. The first-order valence-corrected chi connectivity index (χ1v) is 6.89. The van der Waals surface area contributed by atoms with Gasteiger partial charge >= 0.3 is 0 Å². The summed E-state index contributed by atoms with van der Waals surface area (Å²) in [6, 6.07) is 7.65. The largest absolute Gasteiger partial charge is 0.387 e. The maximum absolute atomic E-state index is 11.6. The molecule has 0 aromatic heterocycles.